The molecule has 0 aromatic heterocycles. The molecule has 0 bridgehead atoms. The van der Waals surface area contributed by atoms with Crippen molar-refractivity contribution in [1.82, 2.24) is 0 Å². The van der Waals surface area contributed by atoms with Crippen molar-refractivity contribution in [3.63, 3.8) is 0 Å². The first-order valence-corrected chi connectivity index (χ1v) is 8.97. The molecule has 3 rings (SSSR count). The van der Waals surface area contributed by atoms with Gasteiger partial charge in [-0.3, -0.25) is 4.79 Å². The number of carbonyl (C=O) groups is 1. The number of rotatable bonds is 5. The van der Waals surface area contributed by atoms with Gasteiger partial charge in [-0.2, -0.15) is 0 Å². The molecule has 1 unspecified atom stereocenters. The second kappa shape index (κ2) is 7.43. The Bertz CT molecular complexity index is 1040. The molecule has 0 spiro atoms. The number of phenols is 4. The topological polar surface area (TPSA) is 138 Å². The van der Waals surface area contributed by atoms with Gasteiger partial charge in [0.1, 0.15) is 34.2 Å². The summed E-state index contributed by atoms with van der Waals surface area (Å²) in [5.41, 5.74) is 0.0438. The summed E-state index contributed by atoms with van der Waals surface area (Å²) in [5, 5.41) is 60.1. The van der Waals surface area contributed by atoms with E-state index < -0.39 is 11.4 Å². The summed E-state index contributed by atoms with van der Waals surface area (Å²) >= 11 is 0. The number of carboxylic acid groups (broad SMARTS) is 1. The molecule has 1 aliphatic rings. The molecule has 1 aliphatic carbocycles. The monoisotopic (exact) mass is 398 g/mol. The number of allylic oxidation sites excluding steroid dienone is 3. The van der Waals surface area contributed by atoms with Crippen LogP contribution in [0.5, 0.6) is 23.0 Å². The van der Waals surface area contributed by atoms with Crippen LogP contribution in [0.3, 0.4) is 0 Å². The number of aliphatic hydroxyl groups is 1. The van der Waals surface area contributed by atoms with Crippen LogP contribution in [0.4, 0.5) is 0 Å². The van der Waals surface area contributed by atoms with Crippen LogP contribution in [0.1, 0.15) is 24.5 Å². The molecule has 2 aromatic carbocycles. The molecular formula is C22H22O7. The van der Waals surface area contributed by atoms with Gasteiger partial charge in [0.05, 0.1) is 0 Å². The number of aliphatic carboxylic acids is 1. The minimum absolute atomic E-state index is 0.0412. The highest BCUT2D eigenvalue weighted by atomic mass is 16.4. The molecule has 0 radical (unpaired) electrons. The molecule has 2 aromatic rings. The fraction of sp³-hybridized carbons (Fsp3) is 0.227. The van der Waals surface area contributed by atoms with Crippen molar-refractivity contribution in [3.8, 4) is 23.0 Å². The van der Waals surface area contributed by atoms with Crippen molar-refractivity contribution in [2.75, 3.05) is 0 Å². The summed E-state index contributed by atoms with van der Waals surface area (Å²) in [6.45, 7) is 1.75. The van der Waals surface area contributed by atoms with Crippen molar-refractivity contribution < 1.29 is 35.4 Å². The van der Waals surface area contributed by atoms with Crippen LogP contribution in [0.15, 0.2) is 59.4 Å². The minimum atomic E-state index is -1.70. The third-order valence-electron chi connectivity index (χ3n) is 5.18. The quantitative estimate of drug-likeness (QED) is 0.453. The molecule has 0 fully saturated rings. The molecule has 0 heterocycles. The lowest BCUT2D eigenvalue weighted by Gasteiger charge is -2.34. The number of hydrogen-bond donors (Lipinski definition) is 6. The van der Waals surface area contributed by atoms with Gasteiger partial charge in [0.2, 0.25) is 0 Å². The van der Waals surface area contributed by atoms with Crippen LogP contribution in [0.25, 0.3) is 0 Å². The second-order valence-corrected chi connectivity index (χ2v) is 7.41. The van der Waals surface area contributed by atoms with Gasteiger partial charge in [-0.15, -0.1) is 0 Å². The summed E-state index contributed by atoms with van der Waals surface area (Å²) in [4.78, 5) is 12.3. The Morgan fingerprint density at radius 3 is 2.00 bits per heavy atom. The third-order valence-corrected chi connectivity index (χ3v) is 5.18. The van der Waals surface area contributed by atoms with Gasteiger partial charge in [0.25, 0.3) is 0 Å². The lowest BCUT2D eigenvalue weighted by Crippen LogP contribution is -2.38. The average molecular weight is 398 g/mol. The normalized spacial score (nSPS) is 19.1. The molecule has 29 heavy (non-hydrogen) atoms. The van der Waals surface area contributed by atoms with E-state index in [1.165, 1.54) is 30.3 Å². The highest BCUT2D eigenvalue weighted by Gasteiger charge is 2.46. The number of phenolic OH excluding ortho intramolecular Hbond substituents is 4. The highest BCUT2D eigenvalue weighted by Crippen LogP contribution is 2.45. The van der Waals surface area contributed by atoms with Gasteiger partial charge in [0.15, 0.2) is 0 Å². The van der Waals surface area contributed by atoms with E-state index in [2.05, 4.69) is 0 Å². The molecule has 0 saturated heterocycles. The fourth-order valence-corrected chi connectivity index (χ4v) is 3.75. The summed E-state index contributed by atoms with van der Waals surface area (Å²) in [5.74, 6) is -2.29. The molecular weight excluding hydrogens is 376 g/mol. The summed E-state index contributed by atoms with van der Waals surface area (Å²) in [6, 6.07) is 7.94. The zero-order valence-corrected chi connectivity index (χ0v) is 15.8. The maximum atomic E-state index is 12.3. The van der Waals surface area contributed by atoms with E-state index in [1.807, 2.05) is 0 Å². The Hall–Kier alpha value is -3.61. The second-order valence-electron chi connectivity index (χ2n) is 7.41. The standard InChI is InChI=1S/C22H22O7/c1-12-6-15(7-13-2-4-16(23)8-18(13)25)20(27)22(10-12,21(28)29)11-14-3-5-17(24)9-19(14)26/h2-6,8-9,23-27H,7,10-11H2,1H3,(H,28,29). The van der Waals surface area contributed by atoms with Crippen LogP contribution in [-0.4, -0.2) is 36.6 Å². The Morgan fingerprint density at radius 1 is 0.931 bits per heavy atom. The average Bonchev–Trinajstić information content (AvgIpc) is 2.63. The minimum Gasteiger partial charge on any atom is -0.511 e. The van der Waals surface area contributed by atoms with Crippen LogP contribution < -0.4 is 0 Å². The first-order chi connectivity index (χ1) is 13.6. The lowest BCUT2D eigenvalue weighted by molar-refractivity contribution is -0.148. The molecule has 7 heteroatoms. The molecule has 0 saturated carbocycles. The zero-order chi connectivity index (χ0) is 21.3. The Kier molecular flexibility index (Phi) is 5.16. The van der Waals surface area contributed by atoms with E-state index in [0.717, 1.165) is 11.6 Å². The SMILES string of the molecule is CC1=CC(Cc2ccc(O)cc2O)=C(O)C(Cc2ccc(O)cc2O)(C(=O)O)C1. The number of carboxylic acids is 1. The van der Waals surface area contributed by atoms with E-state index in [0.29, 0.717) is 11.1 Å². The van der Waals surface area contributed by atoms with Crippen LogP contribution in [0, 0.1) is 5.41 Å². The Morgan fingerprint density at radius 2 is 1.48 bits per heavy atom. The third kappa shape index (κ3) is 3.85. The van der Waals surface area contributed by atoms with Crippen molar-refractivity contribution in [1.29, 1.82) is 0 Å². The number of aliphatic hydroxyl groups excluding tert-OH is 1. The molecule has 152 valence electrons. The Labute approximate surface area is 167 Å². The van der Waals surface area contributed by atoms with Gasteiger partial charge < -0.3 is 30.6 Å². The van der Waals surface area contributed by atoms with Crippen molar-refractivity contribution >= 4 is 5.97 Å². The van der Waals surface area contributed by atoms with Crippen molar-refractivity contribution in [2.45, 2.75) is 26.2 Å². The first-order valence-electron chi connectivity index (χ1n) is 8.97. The maximum absolute atomic E-state index is 12.3. The summed E-state index contributed by atoms with van der Waals surface area (Å²) in [6.07, 6.45) is 1.60. The molecule has 0 aliphatic heterocycles. The summed E-state index contributed by atoms with van der Waals surface area (Å²) in [7, 11) is 0. The van der Waals surface area contributed by atoms with Gasteiger partial charge in [0, 0.05) is 18.6 Å². The lowest BCUT2D eigenvalue weighted by atomic mass is 9.70. The van der Waals surface area contributed by atoms with Crippen LogP contribution in [-0.2, 0) is 17.6 Å². The van der Waals surface area contributed by atoms with E-state index >= 15 is 0 Å². The maximum Gasteiger partial charge on any atom is 0.318 e. The predicted molar refractivity (Wildman–Crippen MR) is 105 cm³/mol. The molecule has 7 nitrogen and oxygen atoms in total. The van der Waals surface area contributed by atoms with Gasteiger partial charge in [-0.05, 0) is 48.6 Å². The van der Waals surface area contributed by atoms with Crippen LogP contribution >= 0.6 is 0 Å². The van der Waals surface area contributed by atoms with Crippen LogP contribution in [0.2, 0.25) is 0 Å². The number of benzene rings is 2. The molecule has 0 amide bonds. The fourth-order valence-electron chi connectivity index (χ4n) is 3.75. The van der Waals surface area contributed by atoms with Crippen molar-refractivity contribution in [2.24, 2.45) is 5.41 Å². The zero-order valence-electron chi connectivity index (χ0n) is 15.8. The summed E-state index contributed by atoms with van der Waals surface area (Å²) < 4.78 is 0. The van der Waals surface area contributed by atoms with E-state index in [1.54, 1.807) is 13.0 Å². The van der Waals surface area contributed by atoms with E-state index in [-0.39, 0.29) is 53.6 Å². The number of hydrogen-bond acceptors (Lipinski definition) is 6. The molecule has 1 atom stereocenters. The van der Waals surface area contributed by atoms with Crippen molar-refractivity contribution in [3.05, 3.63) is 70.5 Å². The van der Waals surface area contributed by atoms with Gasteiger partial charge in [-0.25, -0.2) is 0 Å². The van der Waals surface area contributed by atoms with E-state index in [4.69, 9.17) is 0 Å². The number of aromatic hydroxyl groups is 4. The largest absolute Gasteiger partial charge is 0.511 e. The molecule has 6 N–H and O–H groups in total. The highest BCUT2D eigenvalue weighted by molar-refractivity contribution is 5.80. The van der Waals surface area contributed by atoms with Gasteiger partial charge >= 0.3 is 5.97 Å². The van der Waals surface area contributed by atoms with Gasteiger partial charge in [-0.1, -0.05) is 23.8 Å². The van der Waals surface area contributed by atoms with E-state index in [9.17, 15) is 35.4 Å². The smallest absolute Gasteiger partial charge is 0.318 e. The predicted octanol–water partition coefficient (Wildman–Crippen LogP) is 3.53. The first kappa shape index (κ1) is 20.1. The Balaban J connectivity index is 2.06.